The number of rotatable bonds is 3. The molecule has 0 fully saturated rings. The summed E-state index contributed by atoms with van der Waals surface area (Å²) < 4.78 is 37.9. The molecule has 2 N–H and O–H groups in total. The molecule has 0 aliphatic carbocycles. The van der Waals surface area contributed by atoms with Gasteiger partial charge >= 0.3 is 6.18 Å². The van der Waals surface area contributed by atoms with Gasteiger partial charge in [-0.1, -0.05) is 30.3 Å². The second-order valence-corrected chi connectivity index (χ2v) is 5.62. The Kier molecular flexibility index (Phi) is 5.56. The van der Waals surface area contributed by atoms with Gasteiger partial charge in [-0.05, 0) is 54.9 Å². The number of para-hydroxylation sites is 1. The molecule has 0 aliphatic heterocycles. The van der Waals surface area contributed by atoms with E-state index in [4.69, 9.17) is 12.2 Å². The van der Waals surface area contributed by atoms with Crippen molar-refractivity contribution in [3.8, 4) is 0 Å². The number of thiocarbonyl (C=S) groups is 1. The van der Waals surface area contributed by atoms with Crippen LogP contribution in [-0.4, -0.2) is 11.3 Å². The van der Waals surface area contributed by atoms with Crippen molar-refractivity contribution < 1.29 is 13.2 Å². The van der Waals surface area contributed by atoms with Crippen molar-refractivity contribution in [2.45, 2.75) is 20.0 Å². The maximum atomic E-state index is 12.6. The Hall–Kier alpha value is -2.41. The van der Waals surface area contributed by atoms with Gasteiger partial charge < -0.3 is 5.32 Å². The molecule has 7 heteroatoms. The van der Waals surface area contributed by atoms with Crippen LogP contribution in [0.1, 0.15) is 22.3 Å². The minimum Gasteiger partial charge on any atom is -0.331 e. The van der Waals surface area contributed by atoms with Crippen LogP contribution in [0.3, 0.4) is 0 Å². The number of hydrazone groups is 1. The number of nitrogens with one attached hydrogen (secondary N) is 2. The normalized spacial score (nSPS) is 11.5. The molecule has 0 atom stereocenters. The van der Waals surface area contributed by atoms with Gasteiger partial charge in [0.2, 0.25) is 0 Å². The van der Waals surface area contributed by atoms with Crippen LogP contribution in [0.5, 0.6) is 0 Å². The highest BCUT2D eigenvalue weighted by Gasteiger charge is 2.30. The molecule has 0 unspecified atom stereocenters. The van der Waals surface area contributed by atoms with E-state index in [1.807, 2.05) is 32.0 Å². The zero-order valence-corrected chi connectivity index (χ0v) is 13.9. The highest BCUT2D eigenvalue weighted by molar-refractivity contribution is 7.80. The van der Waals surface area contributed by atoms with Crippen LogP contribution in [-0.2, 0) is 6.18 Å². The minimum atomic E-state index is -4.38. The van der Waals surface area contributed by atoms with Gasteiger partial charge in [0.1, 0.15) is 0 Å². The molecule has 2 aromatic carbocycles. The van der Waals surface area contributed by atoms with Crippen LogP contribution < -0.4 is 10.7 Å². The lowest BCUT2D eigenvalue weighted by atomic mass is 10.1. The molecule has 2 rings (SSSR count). The van der Waals surface area contributed by atoms with Crippen molar-refractivity contribution in [3.63, 3.8) is 0 Å². The second kappa shape index (κ2) is 7.44. The number of hydrogen-bond donors (Lipinski definition) is 2. The zero-order valence-electron chi connectivity index (χ0n) is 13.1. The van der Waals surface area contributed by atoms with Crippen LogP contribution in [0.2, 0.25) is 0 Å². The van der Waals surface area contributed by atoms with E-state index in [0.717, 1.165) is 28.9 Å². The molecule has 0 saturated heterocycles. The molecule has 0 spiro atoms. The van der Waals surface area contributed by atoms with Crippen molar-refractivity contribution in [1.82, 2.24) is 5.43 Å². The molecule has 0 aliphatic rings. The van der Waals surface area contributed by atoms with Crippen molar-refractivity contribution in [2.24, 2.45) is 5.10 Å². The molecule has 0 radical (unpaired) electrons. The summed E-state index contributed by atoms with van der Waals surface area (Å²) in [7, 11) is 0. The van der Waals surface area contributed by atoms with Crippen molar-refractivity contribution in [2.75, 3.05) is 5.32 Å². The maximum absolute atomic E-state index is 12.6. The van der Waals surface area contributed by atoms with Crippen LogP contribution in [0.15, 0.2) is 47.6 Å². The molecular formula is C17H16F3N3S. The van der Waals surface area contributed by atoms with E-state index in [1.54, 1.807) is 0 Å². The lowest BCUT2D eigenvalue weighted by Gasteiger charge is -2.12. The number of nitrogens with zero attached hydrogens (tertiary/aromatic N) is 1. The Balaban J connectivity index is 2.00. The van der Waals surface area contributed by atoms with Crippen LogP contribution in [0, 0.1) is 13.8 Å². The van der Waals surface area contributed by atoms with Gasteiger partial charge in [0.15, 0.2) is 5.11 Å². The number of halogens is 3. The summed E-state index contributed by atoms with van der Waals surface area (Å²) in [5, 5.41) is 7.16. The Labute approximate surface area is 143 Å². The van der Waals surface area contributed by atoms with E-state index < -0.39 is 11.7 Å². The standard InChI is InChI=1S/C17H16F3N3S/c1-11-5-3-6-12(2)15(11)22-16(24)23-21-10-13-7-4-8-14(9-13)17(18,19)20/h3-10H,1-2H3,(H2,22,23,24)/b21-10+. The van der Waals surface area contributed by atoms with Gasteiger partial charge in [0.25, 0.3) is 0 Å². The lowest BCUT2D eigenvalue weighted by Crippen LogP contribution is -2.24. The first-order chi connectivity index (χ1) is 11.3. The number of anilines is 1. The molecule has 24 heavy (non-hydrogen) atoms. The predicted molar refractivity (Wildman–Crippen MR) is 94.3 cm³/mol. The van der Waals surface area contributed by atoms with E-state index in [9.17, 15) is 13.2 Å². The summed E-state index contributed by atoms with van der Waals surface area (Å²) in [4.78, 5) is 0. The van der Waals surface area contributed by atoms with Gasteiger partial charge in [-0.25, -0.2) is 0 Å². The molecule has 2 aromatic rings. The summed E-state index contributed by atoms with van der Waals surface area (Å²) in [5.41, 5.74) is 5.14. The van der Waals surface area contributed by atoms with Gasteiger partial charge in [-0.2, -0.15) is 18.3 Å². The quantitative estimate of drug-likeness (QED) is 0.480. The smallest absolute Gasteiger partial charge is 0.331 e. The first-order valence-corrected chi connectivity index (χ1v) is 7.52. The van der Waals surface area contributed by atoms with Gasteiger partial charge in [-0.3, -0.25) is 5.43 Å². The minimum absolute atomic E-state index is 0.260. The molecule has 126 valence electrons. The Morgan fingerprint density at radius 1 is 1.08 bits per heavy atom. The van der Waals surface area contributed by atoms with E-state index in [0.29, 0.717) is 5.56 Å². The van der Waals surface area contributed by atoms with Crippen LogP contribution in [0.25, 0.3) is 0 Å². The topological polar surface area (TPSA) is 36.4 Å². The van der Waals surface area contributed by atoms with Gasteiger partial charge in [-0.15, -0.1) is 0 Å². The fraction of sp³-hybridized carbons (Fsp3) is 0.176. The molecule has 0 aromatic heterocycles. The van der Waals surface area contributed by atoms with Crippen molar-refractivity contribution in [3.05, 3.63) is 64.7 Å². The summed E-state index contributed by atoms with van der Waals surface area (Å²) >= 11 is 5.14. The molecule has 0 amide bonds. The number of hydrogen-bond acceptors (Lipinski definition) is 2. The Bertz CT molecular complexity index is 750. The second-order valence-electron chi connectivity index (χ2n) is 5.21. The number of alkyl halides is 3. The van der Waals surface area contributed by atoms with Gasteiger partial charge in [0, 0.05) is 5.69 Å². The maximum Gasteiger partial charge on any atom is 0.416 e. The molecule has 0 saturated carbocycles. The molecular weight excluding hydrogens is 335 g/mol. The first-order valence-electron chi connectivity index (χ1n) is 7.11. The molecule has 0 bridgehead atoms. The summed E-state index contributed by atoms with van der Waals surface area (Å²) in [6, 6.07) is 10.7. The third-order valence-electron chi connectivity index (χ3n) is 3.31. The number of benzene rings is 2. The Morgan fingerprint density at radius 3 is 2.33 bits per heavy atom. The SMILES string of the molecule is Cc1cccc(C)c1NC(=S)N/N=C/c1cccc(C(F)(F)F)c1. The summed E-state index contributed by atoms with van der Waals surface area (Å²) in [6.07, 6.45) is -3.09. The van der Waals surface area contributed by atoms with Crippen molar-refractivity contribution >= 4 is 29.2 Å². The predicted octanol–water partition coefficient (Wildman–Crippen LogP) is 4.64. The van der Waals surface area contributed by atoms with Crippen LogP contribution in [0.4, 0.5) is 18.9 Å². The van der Waals surface area contributed by atoms with E-state index in [1.165, 1.54) is 18.3 Å². The summed E-state index contributed by atoms with van der Waals surface area (Å²) in [6.45, 7) is 3.90. The zero-order chi connectivity index (χ0) is 17.7. The third-order valence-corrected chi connectivity index (χ3v) is 3.51. The largest absolute Gasteiger partial charge is 0.416 e. The highest BCUT2D eigenvalue weighted by atomic mass is 32.1. The van der Waals surface area contributed by atoms with Gasteiger partial charge in [0.05, 0.1) is 11.8 Å². The average Bonchev–Trinajstić information content (AvgIpc) is 2.51. The number of aryl methyl sites for hydroxylation is 2. The summed E-state index contributed by atoms with van der Waals surface area (Å²) in [5.74, 6) is 0. The molecule has 0 heterocycles. The fourth-order valence-electron chi connectivity index (χ4n) is 2.11. The fourth-order valence-corrected chi connectivity index (χ4v) is 2.27. The first kappa shape index (κ1) is 17.9. The van der Waals surface area contributed by atoms with E-state index in [2.05, 4.69) is 15.8 Å². The third kappa shape index (κ3) is 4.79. The molecule has 3 nitrogen and oxygen atoms in total. The van der Waals surface area contributed by atoms with E-state index in [-0.39, 0.29) is 5.11 Å². The highest BCUT2D eigenvalue weighted by Crippen LogP contribution is 2.29. The average molecular weight is 351 g/mol. The van der Waals surface area contributed by atoms with Crippen molar-refractivity contribution in [1.29, 1.82) is 0 Å². The monoisotopic (exact) mass is 351 g/mol. The van der Waals surface area contributed by atoms with Crippen LogP contribution >= 0.6 is 12.2 Å². The lowest BCUT2D eigenvalue weighted by molar-refractivity contribution is -0.137. The Morgan fingerprint density at radius 2 is 1.71 bits per heavy atom. The van der Waals surface area contributed by atoms with E-state index >= 15 is 0 Å².